The van der Waals surface area contributed by atoms with Gasteiger partial charge in [-0.2, -0.15) is 4.98 Å². The number of hydrogen-bond acceptors (Lipinski definition) is 5. The molecule has 0 unspecified atom stereocenters. The van der Waals surface area contributed by atoms with E-state index in [0.717, 1.165) is 0 Å². The molecule has 6 nitrogen and oxygen atoms in total. The van der Waals surface area contributed by atoms with E-state index in [1.165, 1.54) is 6.33 Å². The summed E-state index contributed by atoms with van der Waals surface area (Å²) in [5, 5.41) is 12.2. The standard InChI is InChI=1S/C9H15N3O3/c1-7(2)3-12(5-9(13)14)4-8-10-6-11-15-8/h6-7H,3-5H2,1-2H3,(H,13,14). The molecule has 84 valence electrons. The van der Waals surface area contributed by atoms with Crippen molar-refractivity contribution in [1.82, 2.24) is 15.0 Å². The number of carboxylic acids is 1. The van der Waals surface area contributed by atoms with Gasteiger partial charge in [-0.05, 0) is 5.92 Å². The second-order valence-corrected chi connectivity index (χ2v) is 3.79. The van der Waals surface area contributed by atoms with Crippen LogP contribution < -0.4 is 0 Å². The fourth-order valence-electron chi connectivity index (χ4n) is 1.35. The first-order chi connectivity index (χ1) is 7.08. The molecule has 1 N–H and O–H groups in total. The monoisotopic (exact) mass is 213 g/mol. The zero-order valence-electron chi connectivity index (χ0n) is 8.88. The van der Waals surface area contributed by atoms with Gasteiger partial charge in [0.05, 0.1) is 13.1 Å². The number of hydrogen-bond donors (Lipinski definition) is 1. The van der Waals surface area contributed by atoms with Gasteiger partial charge in [-0.25, -0.2) is 0 Å². The smallest absolute Gasteiger partial charge is 0.317 e. The van der Waals surface area contributed by atoms with Gasteiger partial charge in [0, 0.05) is 6.54 Å². The van der Waals surface area contributed by atoms with Crippen molar-refractivity contribution in [2.24, 2.45) is 5.92 Å². The lowest BCUT2D eigenvalue weighted by Gasteiger charge is -2.19. The van der Waals surface area contributed by atoms with Crippen molar-refractivity contribution in [2.75, 3.05) is 13.1 Å². The van der Waals surface area contributed by atoms with E-state index >= 15 is 0 Å². The molecule has 0 amide bonds. The van der Waals surface area contributed by atoms with Crippen molar-refractivity contribution in [3.05, 3.63) is 12.2 Å². The van der Waals surface area contributed by atoms with E-state index in [-0.39, 0.29) is 6.54 Å². The maximum Gasteiger partial charge on any atom is 0.317 e. The van der Waals surface area contributed by atoms with Gasteiger partial charge >= 0.3 is 5.97 Å². The molecule has 0 radical (unpaired) electrons. The highest BCUT2D eigenvalue weighted by atomic mass is 16.5. The molecule has 0 aliphatic carbocycles. The highest BCUT2D eigenvalue weighted by Crippen LogP contribution is 2.04. The summed E-state index contributed by atoms with van der Waals surface area (Å²) in [6.07, 6.45) is 1.31. The summed E-state index contributed by atoms with van der Waals surface area (Å²) in [4.78, 5) is 16.2. The second kappa shape index (κ2) is 5.45. The number of aliphatic carboxylic acids is 1. The Bertz CT molecular complexity index is 298. The van der Waals surface area contributed by atoms with Crippen LogP contribution in [-0.2, 0) is 11.3 Å². The quantitative estimate of drug-likeness (QED) is 0.745. The molecule has 1 rings (SSSR count). The molecule has 15 heavy (non-hydrogen) atoms. The molecule has 0 bridgehead atoms. The fourth-order valence-corrected chi connectivity index (χ4v) is 1.35. The molecule has 1 aromatic rings. The predicted molar refractivity (Wildman–Crippen MR) is 52.0 cm³/mol. The third-order valence-electron chi connectivity index (χ3n) is 1.75. The van der Waals surface area contributed by atoms with Gasteiger partial charge in [0.25, 0.3) is 0 Å². The molecule has 6 heteroatoms. The van der Waals surface area contributed by atoms with Gasteiger partial charge in [-0.15, -0.1) is 0 Å². The molecule has 0 fully saturated rings. The van der Waals surface area contributed by atoms with E-state index in [1.54, 1.807) is 4.90 Å². The van der Waals surface area contributed by atoms with Crippen LogP contribution in [-0.4, -0.2) is 39.2 Å². The van der Waals surface area contributed by atoms with Gasteiger partial charge in [-0.1, -0.05) is 19.0 Å². The summed E-state index contributed by atoms with van der Waals surface area (Å²) in [7, 11) is 0. The minimum Gasteiger partial charge on any atom is -0.480 e. The number of aromatic nitrogens is 2. The topological polar surface area (TPSA) is 79.5 Å². The molecule has 0 aliphatic heterocycles. The van der Waals surface area contributed by atoms with E-state index in [2.05, 4.69) is 10.1 Å². The van der Waals surface area contributed by atoms with Crippen molar-refractivity contribution in [3.8, 4) is 0 Å². The number of carbonyl (C=O) groups is 1. The van der Waals surface area contributed by atoms with Gasteiger partial charge in [0.15, 0.2) is 6.33 Å². The van der Waals surface area contributed by atoms with Crippen LogP contribution in [0.2, 0.25) is 0 Å². The van der Waals surface area contributed by atoms with Crippen LogP contribution in [0.4, 0.5) is 0 Å². The van der Waals surface area contributed by atoms with E-state index in [9.17, 15) is 4.79 Å². The van der Waals surface area contributed by atoms with Gasteiger partial charge < -0.3 is 9.63 Å². The van der Waals surface area contributed by atoms with Crippen LogP contribution in [0.15, 0.2) is 10.9 Å². The van der Waals surface area contributed by atoms with Crippen molar-refractivity contribution in [3.63, 3.8) is 0 Å². The molecule has 1 aromatic heterocycles. The summed E-state index contributed by atoms with van der Waals surface area (Å²) >= 11 is 0. The van der Waals surface area contributed by atoms with Crippen LogP contribution in [0.3, 0.4) is 0 Å². The van der Waals surface area contributed by atoms with Crippen molar-refractivity contribution in [1.29, 1.82) is 0 Å². The lowest BCUT2D eigenvalue weighted by Crippen LogP contribution is -2.32. The summed E-state index contributed by atoms with van der Waals surface area (Å²) < 4.78 is 4.83. The molecule has 1 heterocycles. The first-order valence-electron chi connectivity index (χ1n) is 4.77. The zero-order chi connectivity index (χ0) is 11.3. The predicted octanol–water partition coefficient (Wildman–Crippen LogP) is 0.612. The van der Waals surface area contributed by atoms with Gasteiger partial charge in [-0.3, -0.25) is 9.69 Å². The highest BCUT2D eigenvalue weighted by molar-refractivity contribution is 5.69. The first-order valence-corrected chi connectivity index (χ1v) is 4.77. The largest absolute Gasteiger partial charge is 0.480 e. The molecule has 0 saturated carbocycles. The third kappa shape index (κ3) is 4.55. The van der Waals surface area contributed by atoms with Gasteiger partial charge in [0.1, 0.15) is 0 Å². The van der Waals surface area contributed by atoms with Crippen molar-refractivity contribution in [2.45, 2.75) is 20.4 Å². The lowest BCUT2D eigenvalue weighted by molar-refractivity contribution is -0.138. The Balaban J connectivity index is 2.52. The summed E-state index contributed by atoms with van der Waals surface area (Å²) in [6.45, 7) is 5.12. The van der Waals surface area contributed by atoms with Crippen LogP contribution in [0.25, 0.3) is 0 Å². The van der Waals surface area contributed by atoms with Crippen molar-refractivity contribution < 1.29 is 14.4 Å². The minimum atomic E-state index is -0.852. The van der Waals surface area contributed by atoms with E-state index in [0.29, 0.717) is 24.9 Å². The maximum atomic E-state index is 10.6. The summed E-state index contributed by atoms with van der Waals surface area (Å²) in [6, 6.07) is 0. The van der Waals surface area contributed by atoms with Crippen molar-refractivity contribution >= 4 is 5.97 Å². The maximum absolute atomic E-state index is 10.6. The van der Waals surface area contributed by atoms with Crippen LogP contribution in [0.5, 0.6) is 0 Å². The number of nitrogens with zero attached hydrogens (tertiary/aromatic N) is 3. The van der Waals surface area contributed by atoms with E-state index in [1.807, 2.05) is 13.8 Å². The van der Waals surface area contributed by atoms with Crippen LogP contribution in [0, 0.1) is 5.92 Å². The molecule has 0 aromatic carbocycles. The average Bonchev–Trinajstić information content (AvgIpc) is 2.53. The Morgan fingerprint density at radius 2 is 2.40 bits per heavy atom. The average molecular weight is 213 g/mol. The Kier molecular flexibility index (Phi) is 4.23. The molecular weight excluding hydrogens is 198 g/mol. The SMILES string of the molecule is CC(C)CN(CC(=O)O)Cc1ncno1. The van der Waals surface area contributed by atoms with E-state index in [4.69, 9.17) is 9.63 Å². The van der Waals surface area contributed by atoms with Crippen LogP contribution >= 0.6 is 0 Å². The first kappa shape index (κ1) is 11.6. The molecule has 0 atom stereocenters. The Labute approximate surface area is 87.9 Å². The van der Waals surface area contributed by atoms with E-state index < -0.39 is 5.97 Å². The molecule has 0 saturated heterocycles. The lowest BCUT2D eigenvalue weighted by atomic mass is 10.2. The zero-order valence-corrected chi connectivity index (χ0v) is 8.88. The molecule has 0 spiro atoms. The highest BCUT2D eigenvalue weighted by Gasteiger charge is 2.14. The molecular formula is C9H15N3O3. The third-order valence-corrected chi connectivity index (χ3v) is 1.75. The Morgan fingerprint density at radius 1 is 1.67 bits per heavy atom. The van der Waals surface area contributed by atoms with Crippen LogP contribution in [0.1, 0.15) is 19.7 Å². The van der Waals surface area contributed by atoms with Gasteiger partial charge in [0.2, 0.25) is 5.89 Å². The summed E-state index contributed by atoms with van der Waals surface area (Å²) in [5.41, 5.74) is 0. The fraction of sp³-hybridized carbons (Fsp3) is 0.667. The molecule has 0 aliphatic rings. The normalized spacial score (nSPS) is 11.2. The summed E-state index contributed by atoms with van der Waals surface area (Å²) in [5.74, 6) is -0.0145. The minimum absolute atomic E-state index is 0.0133. The number of carboxylic acid groups (broad SMARTS) is 1. The second-order valence-electron chi connectivity index (χ2n) is 3.79. The Morgan fingerprint density at radius 3 is 2.87 bits per heavy atom. The Hall–Kier alpha value is -1.43. The number of rotatable bonds is 6.